The van der Waals surface area contributed by atoms with Crippen molar-refractivity contribution in [2.75, 3.05) is 10.8 Å². The Hall–Kier alpha value is -4.06. The number of alkyl halides is 3. The number of hydrogen-bond acceptors (Lipinski definition) is 4. The van der Waals surface area contributed by atoms with Gasteiger partial charge in [-0.15, -0.1) is 0 Å². The molecule has 254 valence electrons. The molecule has 4 rings (SSSR count). The molecule has 0 heterocycles. The van der Waals surface area contributed by atoms with Crippen LogP contribution in [-0.4, -0.2) is 43.3 Å². The van der Waals surface area contributed by atoms with Crippen molar-refractivity contribution in [3.8, 4) is 0 Å². The highest BCUT2D eigenvalue weighted by Crippen LogP contribution is 2.34. The lowest BCUT2D eigenvalue weighted by molar-refractivity contribution is -0.140. The number of nitrogens with one attached hydrogen (secondary N) is 1. The molecule has 0 bridgehead atoms. The molecule has 0 saturated carbocycles. The summed E-state index contributed by atoms with van der Waals surface area (Å²) in [5, 5.41) is 3.36. The maximum absolute atomic E-state index is 14.5. The van der Waals surface area contributed by atoms with E-state index in [1.54, 1.807) is 63.2 Å². The summed E-state index contributed by atoms with van der Waals surface area (Å²) in [7, 11) is -4.58. The molecule has 0 aliphatic rings. The van der Waals surface area contributed by atoms with Crippen molar-refractivity contribution >= 4 is 50.7 Å². The lowest BCUT2D eigenvalue weighted by Gasteiger charge is -2.35. The van der Waals surface area contributed by atoms with E-state index in [-0.39, 0.29) is 33.6 Å². The van der Waals surface area contributed by atoms with E-state index in [9.17, 15) is 31.2 Å². The predicted molar refractivity (Wildman–Crippen MR) is 181 cm³/mol. The van der Waals surface area contributed by atoms with E-state index in [4.69, 9.17) is 23.2 Å². The average Bonchev–Trinajstić information content (AvgIpc) is 3.02. The Balaban J connectivity index is 1.86. The van der Waals surface area contributed by atoms with Gasteiger partial charge >= 0.3 is 6.18 Å². The highest BCUT2D eigenvalue weighted by atomic mass is 35.5. The number of nitrogens with zero attached hydrogens (tertiary/aromatic N) is 2. The first-order valence-electron chi connectivity index (χ1n) is 14.8. The number of carbonyl (C=O) groups is 2. The number of amides is 2. The number of sulfonamides is 1. The number of rotatable bonds is 11. The third-order valence-corrected chi connectivity index (χ3v) is 9.70. The monoisotopic (exact) mass is 719 g/mol. The molecule has 1 atom stereocenters. The summed E-state index contributed by atoms with van der Waals surface area (Å²) >= 11 is 12.4. The molecule has 48 heavy (non-hydrogen) atoms. The van der Waals surface area contributed by atoms with Crippen LogP contribution in [0, 0.1) is 0 Å². The minimum Gasteiger partial charge on any atom is -0.350 e. The summed E-state index contributed by atoms with van der Waals surface area (Å²) in [5.74, 6) is -1.36. The molecule has 4 aromatic rings. The van der Waals surface area contributed by atoms with Gasteiger partial charge in [0.1, 0.15) is 12.6 Å². The molecule has 2 amide bonds. The largest absolute Gasteiger partial charge is 0.416 e. The second-order valence-electron chi connectivity index (χ2n) is 12.1. The van der Waals surface area contributed by atoms with Crippen LogP contribution < -0.4 is 9.62 Å². The number of carbonyl (C=O) groups excluding carboxylic acids is 2. The van der Waals surface area contributed by atoms with Gasteiger partial charge in [0.25, 0.3) is 10.0 Å². The first-order valence-corrected chi connectivity index (χ1v) is 17.0. The standard InChI is InChI=1S/C35H34Cl2F3N3O4S/c1-34(2,3)41-33(45)31(20-24-11-6-4-7-12-24)42(22-25-17-18-29(36)30(37)19-25)32(44)23-43(48(46,47)28-15-8-5-9-16-28)27-14-10-13-26(21-27)35(38,39)40/h4-19,21,31H,20,22-23H2,1-3H3,(H,41,45)/t31-/m0/s1. The normalized spacial score (nSPS) is 12.7. The molecule has 0 fully saturated rings. The smallest absolute Gasteiger partial charge is 0.350 e. The Morgan fingerprint density at radius 3 is 2.00 bits per heavy atom. The van der Waals surface area contributed by atoms with Gasteiger partial charge in [0, 0.05) is 18.5 Å². The molecule has 0 spiro atoms. The Morgan fingerprint density at radius 1 is 0.792 bits per heavy atom. The van der Waals surface area contributed by atoms with E-state index in [1.807, 2.05) is 0 Å². The van der Waals surface area contributed by atoms with Gasteiger partial charge in [-0.2, -0.15) is 13.2 Å². The van der Waals surface area contributed by atoms with Gasteiger partial charge in [0.2, 0.25) is 11.8 Å². The highest BCUT2D eigenvalue weighted by molar-refractivity contribution is 7.92. The van der Waals surface area contributed by atoms with Crippen molar-refractivity contribution in [2.24, 2.45) is 0 Å². The van der Waals surface area contributed by atoms with Crippen LogP contribution in [0.15, 0.2) is 108 Å². The fraction of sp³-hybridized carbons (Fsp3) is 0.257. The molecule has 0 unspecified atom stereocenters. The van der Waals surface area contributed by atoms with E-state index in [1.165, 1.54) is 47.4 Å². The van der Waals surface area contributed by atoms with Crippen LogP contribution in [0.2, 0.25) is 10.0 Å². The third-order valence-electron chi connectivity index (χ3n) is 7.18. The van der Waals surface area contributed by atoms with E-state index < -0.39 is 51.7 Å². The summed E-state index contributed by atoms with van der Waals surface area (Å²) in [5.41, 5.74) is -0.985. The second-order valence-corrected chi connectivity index (χ2v) is 14.8. The van der Waals surface area contributed by atoms with Crippen LogP contribution in [0.4, 0.5) is 18.9 Å². The average molecular weight is 721 g/mol. The highest BCUT2D eigenvalue weighted by Gasteiger charge is 2.37. The molecule has 0 aliphatic heterocycles. The van der Waals surface area contributed by atoms with Gasteiger partial charge in [-0.05, 0) is 74.4 Å². The number of anilines is 1. The maximum atomic E-state index is 14.5. The van der Waals surface area contributed by atoms with Crippen molar-refractivity contribution in [3.63, 3.8) is 0 Å². The van der Waals surface area contributed by atoms with Gasteiger partial charge in [-0.25, -0.2) is 8.42 Å². The van der Waals surface area contributed by atoms with Crippen molar-refractivity contribution in [2.45, 2.75) is 56.4 Å². The lowest BCUT2D eigenvalue weighted by Crippen LogP contribution is -2.56. The van der Waals surface area contributed by atoms with Gasteiger partial charge < -0.3 is 10.2 Å². The zero-order chi connectivity index (χ0) is 35.3. The number of hydrogen-bond donors (Lipinski definition) is 1. The van der Waals surface area contributed by atoms with Gasteiger partial charge in [0.15, 0.2) is 0 Å². The molecule has 13 heteroatoms. The summed E-state index contributed by atoms with van der Waals surface area (Å²) in [4.78, 5) is 29.4. The molecule has 0 aromatic heterocycles. The first-order chi connectivity index (χ1) is 22.5. The Bertz CT molecular complexity index is 1850. The fourth-order valence-corrected chi connectivity index (χ4v) is 6.68. The minimum atomic E-state index is -4.78. The van der Waals surface area contributed by atoms with Crippen molar-refractivity contribution in [3.05, 3.63) is 130 Å². The summed E-state index contributed by atoms with van der Waals surface area (Å²) in [6.45, 7) is 4.20. The first kappa shape index (κ1) is 36.8. The second kappa shape index (κ2) is 15.0. The third kappa shape index (κ3) is 9.52. The van der Waals surface area contributed by atoms with Crippen LogP contribution in [0.5, 0.6) is 0 Å². The quantitative estimate of drug-likeness (QED) is 0.172. The van der Waals surface area contributed by atoms with Gasteiger partial charge in [-0.1, -0.05) is 83.9 Å². The molecule has 1 N–H and O–H groups in total. The lowest BCUT2D eigenvalue weighted by atomic mass is 10.0. The molecule has 0 aliphatic carbocycles. The van der Waals surface area contributed by atoms with Crippen LogP contribution in [0.1, 0.15) is 37.5 Å². The summed E-state index contributed by atoms with van der Waals surface area (Å²) in [6, 6.07) is 23.2. The molecular formula is C35H34Cl2F3N3O4S. The molecule has 0 saturated heterocycles. The van der Waals surface area contributed by atoms with Gasteiger partial charge in [0.05, 0.1) is 26.2 Å². The number of halogens is 5. The van der Waals surface area contributed by atoms with Crippen LogP contribution >= 0.6 is 23.2 Å². The fourth-order valence-electron chi connectivity index (χ4n) is 4.93. The zero-order valence-electron chi connectivity index (χ0n) is 26.3. The predicted octanol–water partition coefficient (Wildman–Crippen LogP) is 7.76. The zero-order valence-corrected chi connectivity index (χ0v) is 28.7. The van der Waals surface area contributed by atoms with Crippen LogP contribution in [-0.2, 0) is 38.8 Å². The Labute approximate surface area is 288 Å². The van der Waals surface area contributed by atoms with Crippen molar-refractivity contribution in [1.82, 2.24) is 10.2 Å². The van der Waals surface area contributed by atoms with Crippen molar-refractivity contribution in [1.29, 1.82) is 0 Å². The van der Waals surface area contributed by atoms with Crippen molar-refractivity contribution < 1.29 is 31.2 Å². The maximum Gasteiger partial charge on any atom is 0.416 e. The Kier molecular flexibility index (Phi) is 11.5. The van der Waals surface area contributed by atoms with E-state index in [2.05, 4.69) is 5.32 Å². The Morgan fingerprint density at radius 2 is 1.42 bits per heavy atom. The van der Waals surface area contributed by atoms with Gasteiger partial charge in [-0.3, -0.25) is 13.9 Å². The summed E-state index contributed by atoms with van der Waals surface area (Å²) < 4.78 is 70.0. The van der Waals surface area contributed by atoms with Crippen LogP contribution in [0.3, 0.4) is 0 Å². The number of benzene rings is 4. The topological polar surface area (TPSA) is 86.8 Å². The molecule has 7 nitrogen and oxygen atoms in total. The molecular weight excluding hydrogens is 686 g/mol. The van der Waals surface area contributed by atoms with E-state index >= 15 is 0 Å². The van der Waals surface area contributed by atoms with E-state index in [0.29, 0.717) is 21.5 Å². The van der Waals surface area contributed by atoms with E-state index in [0.717, 1.165) is 12.1 Å². The summed E-state index contributed by atoms with van der Waals surface area (Å²) in [6.07, 6.45) is -4.74. The molecule has 0 radical (unpaired) electrons. The SMILES string of the molecule is CC(C)(C)NC(=O)[C@H](Cc1ccccc1)N(Cc1ccc(Cl)c(Cl)c1)C(=O)CN(c1cccc(C(F)(F)F)c1)S(=O)(=O)c1ccccc1. The van der Waals surface area contributed by atoms with Crippen LogP contribution in [0.25, 0.3) is 0 Å². The minimum absolute atomic E-state index is 0.0464. The molecule has 4 aromatic carbocycles.